The molecular weight excluding hydrogens is 324 g/mol. The zero-order valence-corrected chi connectivity index (χ0v) is 14.9. The predicted octanol–water partition coefficient (Wildman–Crippen LogP) is 2.75. The van der Waals surface area contributed by atoms with E-state index in [9.17, 15) is 4.79 Å². The number of carbonyl (C=O) groups is 1. The summed E-state index contributed by atoms with van der Waals surface area (Å²) >= 11 is 0. The molecule has 0 spiro atoms. The van der Waals surface area contributed by atoms with Crippen molar-refractivity contribution in [2.75, 3.05) is 34.5 Å². The minimum Gasteiger partial charge on any atom is -0.493 e. The maximum absolute atomic E-state index is 11.5. The Balaban J connectivity index is 2.66. The highest BCUT2D eigenvalue weighted by Crippen LogP contribution is 2.47. The summed E-state index contributed by atoms with van der Waals surface area (Å²) in [6.45, 7) is 2.05. The lowest BCUT2D eigenvalue weighted by molar-refractivity contribution is -0.121. The van der Waals surface area contributed by atoms with Crippen LogP contribution in [0.1, 0.15) is 30.6 Å². The van der Waals surface area contributed by atoms with Gasteiger partial charge in [-0.15, -0.1) is 6.42 Å². The third kappa shape index (κ3) is 3.89. The summed E-state index contributed by atoms with van der Waals surface area (Å²) in [7, 11) is 4.61. The molecule has 0 saturated heterocycles. The smallest absolute Gasteiger partial charge is 0.204 e. The van der Waals surface area contributed by atoms with Crippen LogP contribution in [-0.2, 0) is 14.3 Å². The molecule has 1 aromatic rings. The maximum Gasteiger partial charge on any atom is 0.204 e. The third-order valence-electron chi connectivity index (χ3n) is 3.87. The number of allylic oxidation sites excluding steroid dienone is 1. The highest BCUT2D eigenvalue weighted by Gasteiger charge is 2.28. The molecule has 25 heavy (non-hydrogen) atoms. The molecule has 1 aromatic carbocycles. The fourth-order valence-corrected chi connectivity index (χ4v) is 2.67. The van der Waals surface area contributed by atoms with E-state index in [4.69, 9.17) is 30.1 Å². The summed E-state index contributed by atoms with van der Waals surface area (Å²) in [5.74, 6) is 4.41. The minimum atomic E-state index is -0.345. The van der Waals surface area contributed by atoms with Crippen molar-refractivity contribution in [3.05, 3.63) is 23.3 Å². The van der Waals surface area contributed by atoms with Gasteiger partial charge in [0.2, 0.25) is 5.75 Å². The van der Waals surface area contributed by atoms with Gasteiger partial charge >= 0.3 is 0 Å². The van der Waals surface area contributed by atoms with Gasteiger partial charge < -0.3 is 23.7 Å². The Kier molecular flexibility index (Phi) is 6.31. The number of Topliss-reactive ketones (excluding diaryl/α,β-unsaturated/α-hetero) is 1. The molecule has 0 saturated carbocycles. The minimum absolute atomic E-state index is 0.0152. The van der Waals surface area contributed by atoms with Crippen molar-refractivity contribution < 1.29 is 28.5 Å². The quantitative estimate of drug-likeness (QED) is 0.708. The molecule has 0 radical (unpaired) electrons. The van der Waals surface area contributed by atoms with Gasteiger partial charge in [0.25, 0.3) is 0 Å². The molecule has 134 valence electrons. The largest absolute Gasteiger partial charge is 0.493 e. The maximum atomic E-state index is 11.5. The van der Waals surface area contributed by atoms with Crippen molar-refractivity contribution in [2.24, 2.45) is 0 Å². The number of hydrogen-bond donors (Lipinski definition) is 0. The van der Waals surface area contributed by atoms with Crippen LogP contribution in [0.4, 0.5) is 0 Å². The monoisotopic (exact) mass is 346 g/mol. The number of carbonyl (C=O) groups excluding carboxylic acids is 1. The van der Waals surface area contributed by atoms with Gasteiger partial charge in [0.15, 0.2) is 17.3 Å². The first kappa shape index (κ1) is 18.7. The van der Waals surface area contributed by atoms with E-state index in [1.54, 1.807) is 19.3 Å². The van der Waals surface area contributed by atoms with Crippen LogP contribution in [0.3, 0.4) is 0 Å². The molecule has 6 nitrogen and oxygen atoms in total. The molecular formula is C19H22O6. The molecule has 0 aromatic heterocycles. The highest BCUT2D eigenvalue weighted by atomic mass is 16.5. The number of ether oxygens (including phenoxy) is 5. The van der Waals surface area contributed by atoms with Crippen molar-refractivity contribution in [3.8, 4) is 29.6 Å². The highest BCUT2D eigenvalue weighted by molar-refractivity contribution is 5.87. The van der Waals surface area contributed by atoms with Gasteiger partial charge in [0.05, 0.1) is 33.0 Å². The van der Waals surface area contributed by atoms with Crippen LogP contribution < -0.4 is 14.2 Å². The van der Waals surface area contributed by atoms with Crippen molar-refractivity contribution in [3.63, 3.8) is 0 Å². The second-order valence-corrected chi connectivity index (χ2v) is 5.37. The number of hydrogen-bond acceptors (Lipinski definition) is 6. The lowest BCUT2D eigenvalue weighted by Crippen LogP contribution is -2.15. The first-order valence-electron chi connectivity index (χ1n) is 7.80. The molecule has 2 rings (SSSR count). The second kappa shape index (κ2) is 8.45. The van der Waals surface area contributed by atoms with Gasteiger partial charge in [-0.25, -0.2) is 0 Å². The molecule has 0 bridgehead atoms. The van der Waals surface area contributed by atoms with E-state index >= 15 is 0 Å². The summed E-state index contributed by atoms with van der Waals surface area (Å²) in [4.78, 5) is 11.5. The summed E-state index contributed by atoms with van der Waals surface area (Å²) in [5, 5.41) is 0. The number of ketones is 1. The first-order valence-corrected chi connectivity index (χ1v) is 7.80. The SMILES string of the molecule is C#CCOC(C)c1cc(OC)c(OC)c(OC)c1C1=CCC(=O)CO1. The lowest BCUT2D eigenvalue weighted by atomic mass is 9.97. The Morgan fingerprint density at radius 3 is 2.48 bits per heavy atom. The number of methoxy groups -OCH3 is 3. The van der Waals surface area contributed by atoms with Gasteiger partial charge in [0, 0.05) is 6.42 Å². The van der Waals surface area contributed by atoms with Crippen LogP contribution in [-0.4, -0.2) is 40.3 Å². The van der Waals surface area contributed by atoms with Gasteiger partial charge in [-0.3, -0.25) is 4.79 Å². The van der Waals surface area contributed by atoms with Crippen molar-refractivity contribution in [1.82, 2.24) is 0 Å². The van der Waals surface area contributed by atoms with Crippen molar-refractivity contribution in [1.29, 1.82) is 0 Å². The fourth-order valence-electron chi connectivity index (χ4n) is 2.67. The van der Waals surface area contributed by atoms with Crippen LogP contribution in [0.5, 0.6) is 17.2 Å². The van der Waals surface area contributed by atoms with Gasteiger partial charge in [0.1, 0.15) is 19.0 Å². The van der Waals surface area contributed by atoms with Crippen molar-refractivity contribution >= 4 is 11.5 Å². The average molecular weight is 346 g/mol. The number of benzene rings is 1. The molecule has 1 atom stereocenters. The Morgan fingerprint density at radius 1 is 1.24 bits per heavy atom. The first-order chi connectivity index (χ1) is 12.1. The molecule has 0 amide bonds. The summed E-state index contributed by atoms with van der Waals surface area (Å²) in [5.41, 5.74) is 1.43. The van der Waals surface area contributed by atoms with Gasteiger partial charge in [-0.2, -0.15) is 0 Å². The summed E-state index contributed by atoms with van der Waals surface area (Å²) in [6, 6.07) is 1.80. The predicted molar refractivity (Wildman–Crippen MR) is 92.9 cm³/mol. The molecule has 1 aliphatic rings. The van der Waals surface area contributed by atoms with Gasteiger partial charge in [-0.1, -0.05) is 5.92 Å². The molecule has 0 N–H and O–H groups in total. The van der Waals surface area contributed by atoms with Gasteiger partial charge in [-0.05, 0) is 24.6 Å². The fraction of sp³-hybridized carbons (Fsp3) is 0.421. The molecule has 6 heteroatoms. The molecule has 1 unspecified atom stereocenters. The third-order valence-corrected chi connectivity index (χ3v) is 3.87. The molecule has 1 aliphatic heterocycles. The van der Waals surface area contributed by atoms with Crippen molar-refractivity contribution in [2.45, 2.75) is 19.4 Å². The second-order valence-electron chi connectivity index (χ2n) is 5.37. The standard InChI is InChI=1S/C19H22O6/c1-6-9-24-12(2)14-10-16(21-3)18(22-4)19(23-5)17(14)15-8-7-13(20)11-25-15/h1,8,10,12H,7,9,11H2,2-5H3. The van der Waals surface area contributed by atoms with Crippen LogP contribution in [0, 0.1) is 12.3 Å². The topological polar surface area (TPSA) is 63.2 Å². The van der Waals surface area contributed by atoms with E-state index in [1.165, 1.54) is 14.2 Å². The number of rotatable bonds is 7. The van der Waals surface area contributed by atoms with E-state index in [0.717, 1.165) is 5.56 Å². The van der Waals surface area contributed by atoms with E-state index in [0.29, 0.717) is 35.0 Å². The zero-order valence-electron chi connectivity index (χ0n) is 14.9. The summed E-state index contributed by atoms with van der Waals surface area (Å²) in [6.07, 6.45) is 6.97. The van der Waals surface area contributed by atoms with Crippen LogP contribution >= 0.6 is 0 Å². The lowest BCUT2D eigenvalue weighted by Gasteiger charge is -2.25. The van der Waals surface area contributed by atoms with Crippen LogP contribution in [0.15, 0.2) is 12.1 Å². The average Bonchev–Trinajstić information content (AvgIpc) is 2.64. The van der Waals surface area contributed by atoms with E-state index < -0.39 is 0 Å². The normalized spacial score (nSPS) is 14.8. The molecule has 0 fully saturated rings. The number of terminal acetylenes is 1. The molecule has 0 aliphatic carbocycles. The Morgan fingerprint density at radius 2 is 1.96 bits per heavy atom. The zero-order chi connectivity index (χ0) is 18.4. The van der Waals surface area contributed by atoms with E-state index in [1.807, 2.05) is 6.92 Å². The Bertz CT molecular complexity index is 714. The molecule has 1 heterocycles. The van der Waals surface area contributed by atoms with E-state index in [2.05, 4.69) is 5.92 Å². The Hall–Kier alpha value is -2.65. The Labute approximate surface area is 147 Å². The summed E-state index contributed by atoms with van der Waals surface area (Å²) < 4.78 is 27.7. The van der Waals surface area contributed by atoms with Crippen LogP contribution in [0.2, 0.25) is 0 Å². The van der Waals surface area contributed by atoms with Crippen LogP contribution in [0.25, 0.3) is 5.76 Å². The van der Waals surface area contributed by atoms with E-state index in [-0.39, 0.29) is 25.1 Å².